The molecule has 4 aromatic rings. The van der Waals surface area contributed by atoms with Crippen LogP contribution >= 0.6 is 11.6 Å². The molecule has 1 N–H and O–H groups in total. The molecule has 0 aliphatic rings. The number of hydrogen-bond acceptors (Lipinski definition) is 6. The van der Waals surface area contributed by atoms with Crippen molar-refractivity contribution >= 4 is 34.4 Å². The highest BCUT2D eigenvalue weighted by Gasteiger charge is 2.19. The number of benzene rings is 1. The molecule has 0 aliphatic heterocycles. The predicted octanol–water partition coefficient (Wildman–Crippen LogP) is 1.80. The van der Waals surface area contributed by atoms with Crippen LogP contribution < -0.4 is 5.56 Å². The highest BCUT2D eigenvalue weighted by Crippen LogP contribution is 2.25. The van der Waals surface area contributed by atoms with Gasteiger partial charge in [0.15, 0.2) is 16.8 Å². The number of hydrogen-bond donors (Lipinski definition) is 1. The first-order chi connectivity index (χ1) is 12.5. The van der Waals surface area contributed by atoms with Gasteiger partial charge in [-0.15, -0.1) is 10.2 Å². The molecular formula is C16H11ClN6O3. The largest absolute Gasteiger partial charge is 0.480 e. The summed E-state index contributed by atoms with van der Waals surface area (Å²) in [6.07, 6.45) is 2.77. The highest BCUT2D eigenvalue weighted by atomic mass is 35.5. The van der Waals surface area contributed by atoms with Crippen LogP contribution in [0.4, 0.5) is 0 Å². The molecule has 1 unspecified atom stereocenters. The van der Waals surface area contributed by atoms with Gasteiger partial charge in [-0.25, -0.2) is 9.78 Å². The molecule has 0 saturated heterocycles. The second kappa shape index (κ2) is 5.88. The number of rotatable bonds is 3. The Hall–Kier alpha value is -3.33. The van der Waals surface area contributed by atoms with Gasteiger partial charge in [-0.2, -0.15) is 9.61 Å². The third kappa shape index (κ3) is 2.40. The molecule has 0 amide bonds. The number of aliphatic carboxylic acids is 1. The Labute approximate surface area is 150 Å². The maximum absolute atomic E-state index is 12.5. The summed E-state index contributed by atoms with van der Waals surface area (Å²) in [5, 5.41) is 22.0. The minimum Gasteiger partial charge on any atom is -0.480 e. The zero-order valence-corrected chi connectivity index (χ0v) is 14.1. The molecule has 1 atom stereocenters. The van der Waals surface area contributed by atoms with E-state index in [-0.39, 0.29) is 11.2 Å². The zero-order valence-electron chi connectivity index (χ0n) is 13.4. The van der Waals surface area contributed by atoms with Gasteiger partial charge >= 0.3 is 5.97 Å². The summed E-state index contributed by atoms with van der Waals surface area (Å²) in [6, 6.07) is 6.08. The standard InChI is InChI=1S/C16H11ClN6O3/c1-8(16(25)26)22-7-18-14-12(15(22)24)20-21-13-11(6-19-23(13)14)9-2-4-10(17)5-3-9/h2-8H,1H3,(H,25,26). The first-order valence-electron chi connectivity index (χ1n) is 7.57. The van der Waals surface area contributed by atoms with Crippen LogP contribution in [0.2, 0.25) is 5.02 Å². The van der Waals surface area contributed by atoms with Crippen LogP contribution in [0.3, 0.4) is 0 Å². The molecule has 0 spiro atoms. The van der Waals surface area contributed by atoms with E-state index in [1.54, 1.807) is 18.3 Å². The summed E-state index contributed by atoms with van der Waals surface area (Å²) in [4.78, 5) is 27.8. The maximum Gasteiger partial charge on any atom is 0.326 e. The molecule has 0 saturated carbocycles. The van der Waals surface area contributed by atoms with Gasteiger partial charge in [-0.05, 0) is 24.6 Å². The van der Waals surface area contributed by atoms with E-state index in [2.05, 4.69) is 20.3 Å². The fourth-order valence-electron chi connectivity index (χ4n) is 2.61. The molecular weight excluding hydrogens is 360 g/mol. The Morgan fingerprint density at radius 2 is 1.92 bits per heavy atom. The van der Waals surface area contributed by atoms with Crippen molar-refractivity contribution in [1.82, 2.24) is 29.4 Å². The summed E-state index contributed by atoms with van der Waals surface area (Å²) in [5.41, 5.74) is 1.53. The number of carboxylic acid groups (broad SMARTS) is 1. The molecule has 0 aliphatic carbocycles. The number of halogens is 1. The average molecular weight is 371 g/mol. The van der Waals surface area contributed by atoms with Gasteiger partial charge in [0, 0.05) is 10.6 Å². The number of nitrogens with zero attached hydrogens (tertiary/aromatic N) is 6. The van der Waals surface area contributed by atoms with Gasteiger partial charge in [-0.3, -0.25) is 9.36 Å². The zero-order chi connectivity index (χ0) is 18.4. The Morgan fingerprint density at radius 1 is 1.19 bits per heavy atom. The number of carboxylic acids is 1. The van der Waals surface area contributed by atoms with Crippen molar-refractivity contribution in [1.29, 1.82) is 0 Å². The van der Waals surface area contributed by atoms with Crippen LogP contribution in [0.15, 0.2) is 41.6 Å². The third-order valence-corrected chi connectivity index (χ3v) is 4.32. The molecule has 130 valence electrons. The van der Waals surface area contributed by atoms with E-state index in [0.717, 1.165) is 10.1 Å². The third-order valence-electron chi connectivity index (χ3n) is 4.07. The van der Waals surface area contributed by atoms with Gasteiger partial charge in [0.1, 0.15) is 12.4 Å². The van der Waals surface area contributed by atoms with Gasteiger partial charge < -0.3 is 5.11 Å². The fraction of sp³-hybridized carbons (Fsp3) is 0.125. The van der Waals surface area contributed by atoms with Crippen molar-refractivity contribution in [2.45, 2.75) is 13.0 Å². The van der Waals surface area contributed by atoms with Crippen LogP contribution in [0.25, 0.3) is 27.9 Å². The van der Waals surface area contributed by atoms with E-state index in [1.807, 2.05) is 12.1 Å². The number of fused-ring (bicyclic) bond motifs is 3. The van der Waals surface area contributed by atoms with Crippen molar-refractivity contribution in [2.24, 2.45) is 0 Å². The predicted molar refractivity (Wildman–Crippen MR) is 93.1 cm³/mol. The van der Waals surface area contributed by atoms with Crippen LogP contribution in [-0.2, 0) is 4.79 Å². The van der Waals surface area contributed by atoms with E-state index >= 15 is 0 Å². The van der Waals surface area contributed by atoms with Crippen molar-refractivity contribution < 1.29 is 9.90 Å². The Kier molecular flexibility index (Phi) is 3.66. The Bertz CT molecular complexity index is 1210. The molecule has 9 nitrogen and oxygen atoms in total. The molecule has 1 aromatic carbocycles. The Balaban J connectivity index is 1.94. The van der Waals surface area contributed by atoms with Crippen molar-refractivity contribution in [2.75, 3.05) is 0 Å². The topological polar surface area (TPSA) is 115 Å². The van der Waals surface area contributed by atoms with Crippen LogP contribution in [-0.4, -0.2) is 40.4 Å². The van der Waals surface area contributed by atoms with Crippen molar-refractivity contribution in [3.05, 3.63) is 52.2 Å². The summed E-state index contributed by atoms with van der Waals surface area (Å²) >= 11 is 5.91. The number of carbonyl (C=O) groups is 1. The highest BCUT2D eigenvalue weighted by molar-refractivity contribution is 6.30. The lowest BCUT2D eigenvalue weighted by molar-refractivity contribution is -0.140. The molecule has 0 bridgehead atoms. The molecule has 3 aromatic heterocycles. The maximum atomic E-state index is 12.5. The first kappa shape index (κ1) is 16.2. The van der Waals surface area contributed by atoms with Crippen LogP contribution in [0.5, 0.6) is 0 Å². The Morgan fingerprint density at radius 3 is 2.62 bits per heavy atom. The van der Waals surface area contributed by atoms with Crippen LogP contribution in [0, 0.1) is 0 Å². The molecule has 26 heavy (non-hydrogen) atoms. The SMILES string of the molecule is CC(C(=O)O)n1cnc2c(nnc3c(-c4ccc(Cl)cc4)cnn32)c1=O. The summed E-state index contributed by atoms with van der Waals surface area (Å²) < 4.78 is 2.40. The van der Waals surface area contributed by atoms with E-state index < -0.39 is 17.6 Å². The minimum atomic E-state index is -1.15. The second-order valence-electron chi connectivity index (χ2n) is 5.64. The molecule has 0 fully saturated rings. The quantitative estimate of drug-likeness (QED) is 0.584. The van der Waals surface area contributed by atoms with E-state index in [9.17, 15) is 9.59 Å². The van der Waals surface area contributed by atoms with E-state index in [0.29, 0.717) is 16.2 Å². The van der Waals surface area contributed by atoms with Gasteiger partial charge in [-0.1, -0.05) is 23.7 Å². The fourth-order valence-corrected chi connectivity index (χ4v) is 2.74. The molecule has 4 rings (SSSR count). The summed E-state index contributed by atoms with van der Waals surface area (Å²) in [7, 11) is 0. The lowest BCUT2D eigenvalue weighted by Crippen LogP contribution is -2.29. The van der Waals surface area contributed by atoms with Crippen LogP contribution in [0.1, 0.15) is 13.0 Å². The monoisotopic (exact) mass is 370 g/mol. The average Bonchev–Trinajstić information content (AvgIpc) is 3.06. The molecule has 0 radical (unpaired) electrons. The van der Waals surface area contributed by atoms with Gasteiger partial charge in [0.2, 0.25) is 0 Å². The minimum absolute atomic E-state index is 0.0566. The normalized spacial score (nSPS) is 12.5. The molecule has 3 heterocycles. The lowest BCUT2D eigenvalue weighted by Gasteiger charge is -2.10. The summed E-state index contributed by atoms with van der Waals surface area (Å²) in [6.45, 7) is 1.38. The van der Waals surface area contributed by atoms with Gasteiger partial charge in [0.25, 0.3) is 5.56 Å². The van der Waals surface area contributed by atoms with E-state index in [1.165, 1.54) is 17.8 Å². The lowest BCUT2D eigenvalue weighted by atomic mass is 10.1. The smallest absolute Gasteiger partial charge is 0.326 e. The number of aromatic nitrogens is 6. The van der Waals surface area contributed by atoms with E-state index in [4.69, 9.17) is 16.7 Å². The second-order valence-corrected chi connectivity index (χ2v) is 6.08. The molecule has 10 heteroatoms. The van der Waals surface area contributed by atoms with Crippen molar-refractivity contribution in [3.63, 3.8) is 0 Å². The van der Waals surface area contributed by atoms with Gasteiger partial charge in [0.05, 0.1) is 6.20 Å². The first-order valence-corrected chi connectivity index (χ1v) is 7.95. The summed E-state index contributed by atoms with van der Waals surface area (Å²) in [5.74, 6) is -1.15. The van der Waals surface area contributed by atoms with Crippen molar-refractivity contribution in [3.8, 4) is 11.1 Å².